The molecule has 0 bridgehead atoms. The Morgan fingerprint density at radius 2 is 1.91 bits per heavy atom. The number of carbonyl (C=O) groups is 2. The number of aromatic carboxylic acids is 1. The SMILES string of the molecule is O=C(O)c1ccc2nc(NC(=O)C(OC3CCOC3)c3ccc(S(=O)(=O)C4CC4)cc3)sc2c1. The van der Waals surface area contributed by atoms with Gasteiger partial charge in [-0.05, 0) is 55.2 Å². The summed E-state index contributed by atoms with van der Waals surface area (Å²) in [4.78, 5) is 29.1. The maximum absolute atomic E-state index is 13.2. The maximum Gasteiger partial charge on any atom is 0.335 e. The monoisotopic (exact) mass is 502 g/mol. The van der Waals surface area contributed by atoms with Gasteiger partial charge in [-0.1, -0.05) is 23.5 Å². The van der Waals surface area contributed by atoms with Crippen LogP contribution in [0.25, 0.3) is 10.2 Å². The number of anilines is 1. The Morgan fingerprint density at radius 3 is 2.56 bits per heavy atom. The van der Waals surface area contributed by atoms with Gasteiger partial charge in [-0.15, -0.1) is 0 Å². The molecule has 0 spiro atoms. The first-order chi connectivity index (χ1) is 16.3. The van der Waals surface area contributed by atoms with Gasteiger partial charge in [0, 0.05) is 6.61 Å². The summed E-state index contributed by atoms with van der Waals surface area (Å²) in [5, 5.41) is 11.9. The number of ether oxygens (including phenoxy) is 2. The molecule has 178 valence electrons. The van der Waals surface area contributed by atoms with Gasteiger partial charge in [0.25, 0.3) is 5.91 Å². The first-order valence-electron chi connectivity index (χ1n) is 10.8. The summed E-state index contributed by atoms with van der Waals surface area (Å²) in [5.41, 5.74) is 1.23. The van der Waals surface area contributed by atoms with Crippen molar-refractivity contribution in [1.29, 1.82) is 0 Å². The molecule has 11 heteroatoms. The molecule has 1 saturated heterocycles. The average Bonchev–Trinajstić information content (AvgIpc) is 3.42. The number of aromatic nitrogens is 1. The van der Waals surface area contributed by atoms with Crippen molar-refractivity contribution in [2.75, 3.05) is 18.5 Å². The highest BCUT2D eigenvalue weighted by atomic mass is 32.2. The van der Waals surface area contributed by atoms with E-state index in [0.717, 1.165) is 11.3 Å². The number of carboxylic acid groups (broad SMARTS) is 1. The van der Waals surface area contributed by atoms with Gasteiger partial charge >= 0.3 is 5.97 Å². The van der Waals surface area contributed by atoms with Crippen LogP contribution in [0.5, 0.6) is 0 Å². The molecule has 9 nitrogen and oxygen atoms in total. The third kappa shape index (κ3) is 4.69. The number of sulfone groups is 1. The standard InChI is InChI=1S/C23H22N2O7S2/c26-21(25-23-24-18-8-3-14(22(27)28)11-19(18)33-23)20(32-15-9-10-31-12-15)13-1-4-16(5-2-13)34(29,30)17-6-7-17/h1-5,8,11,15,17,20H,6-7,9-10,12H2,(H,27,28)(H,24,25,26). The predicted molar refractivity (Wildman–Crippen MR) is 125 cm³/mol. The molecular formula is C23H22N2O7S2. The Morgan fingerprint density at radius 1 is 1.15 bits per heavy atom. The van der Waals surface area contributed by atoms with Gasteiger partial charge in [-0.2, -0.15) is 0 Å². The summed E-state index contributed by atoms with van der Waals surface area (Å²) in [7, 11) is -3.34. The number of hydrogen-bond acceptors (Lipinski definition) is 8. The zero-order chi connectivity index (χ0) is 23.9. The first kappa shape index (κ1) is 22.9. The molecule has 3 aromatic rings. The lowest BCUT2D eigenvalue weighted by Gasteiger charge is -2.21. The number of benzene rings is 2. The zero-order valence-electron chi connectivity index (χ0n) is 18.0. The van der Waals surface area contributed by atoms with E-state index in [1.165, 1.54) is 24.3 Å². The molecule has 2 aromatic carbocycles. The normalized spacial score (nSPS) is 19.2. The number of rotatable bonds is 8. The van der Waals surface area contributed by atoms with Gasteiger partial charge in [0.05, 0.1) is 38.6 Å². The molecule has 2 N–H and O–H groups in total. The van der Waals surface area contributed by atoms with Crippen molar-refractivity contribution in [3.8, 4) is 0 Å². The third-order valence-electron chi connectivity index (χ3n) is 5.79. The van der Waals surface area contributed by atoms with Gasteiger partial charge in [-0.25, -0.2) is 18.2 Å². The summed E-state index contributed by atoms with van der Waals surface area (Å²) in [6, 6.07) is 10.8. The van der Waals surface area contributed by atoms with E-state index in [9.17, 15) is 23.1 Å². The Bertz CT molecular complexity index is 1340. The van der Waals surface area contributed by atoms with Crippen molar-refractivity contribution in [3.63, 3.8) is 0 Å². The molecule has 34 heavy (non-hydrogen) atoms. The molecule has 1 aliphatic carbocycles. The Kier molecular flexibility index (Phi) is 6.11. The molecule has 2 atom stereocenters. The molecule has 2 fully saturated rings. The minimum absolute atomic E-state index is 0.137. The molecule has 1 amide bonds. The van der Waals surface area contributed by atoms with Crippen LogP contribution in [0.4, 0.5) is 5.13 Å². The van der Waals surface area contributed by atoms with E-state index in [0.29, 0.717) is 53.4 Å². The largest absolute Gasteiger partial charge is 0.478 e. The second-order valence-electron chi connectivity index (χ2n) is 8.31. The predicted octanol–water partition coefficient (Wildman–Crippen LogP) is 3.42. The number of carbonyl (C=O) groups excluding carboxylic acids is 1. The molecule has 2 heterocycles. The Labute approximate surface area is 199 Å². The van der Waals surface area contributed by atoms with E-state index in [2.05, 4.69) is 10.3 Å². The summed E-state index contributed by atoms with van der Waals surface area (Å²) in [6.07, 6.45) is 0.744. The average molecular weight is 503 g/mol. The van der Waals surface area contributed by atoms with Crippen LogP contribution in [0.2, 0.25) is 0 Å². The maximum atomic E-state index is 13.2. The Hall–Kier alpha value is -2.86. The number of fused-ring (bicyclic) bond motifs is 1. The molecule has 1 aliphatic heterocycles. The van der Waals surface area contributed by atoms with Crippen LogP contribution in [0.3, 0.4) is 0 Å². The van der Waals surface area contributed by atoms with Gasteiger partial charge in [0.15, 0.2) is 21.1 Å². The number of carboxylic acids is 1. The second-order valence-corrected chi connectivity index (χ2v) is 11.6. The number of nitrogens with zero attached hydrogens (tertiary/aromatic N) is 1. The van der Waals surface area contributed by atoms with Gasteiger partial charge in [-0.3, -0.25) is 10.1 Å². The van der Waals surface area contributed by atoms with E-state index < -0.39 is 27.8 Å². The van der Waals surface area contributed by atoms with E-state index in [-0.39, 0.29) is 21.8 Å². The summed E-state index contributed by atoms with van der Waals surface area (Å²) in [6.45, 7) is 0.915. The molecule has 0 radical (unpaired) electrons. The third-order valence-corrected chi connectivity index (χ3v) is 9.01. The fourth-order valence-corrected chi connectivity index (χ4v) is 6.35. The van der Waals surface area contributed by atoms with Crippen molar-refractivity contribution in [2.24, 2.45) is 0 Å². The number of nitrogens with one attached hydrogen (secondary N) is 1. The van der Waals surface area contributed by atoms with Crippen molar-refractivity contribution in [3.05, 3.63) is 53.6 Å². The van der Waals surface area contributed by atoms with E-state index in [1.54, 1.807) is 18.2 Å². The fraction of sp³-hybridized carbons (Fsp3) is 0.348. The fourth-order valence-electron chi connectivity index (χ4n) is 3.79. The summed E-state index contributed by atoms with van der Waals surface area (Å²) in [5.74, 6) is -1.50. The van der Waals surface area contributed by atoms with Crippen molar-refractivity contribution < 1.29 is 32.6 Å². The van der Waals surface area contributed by atoms with Crippen LogP contribution in [0.15, 0.2) is 47.4 Å². The number of hydrogen-bond donors (Lipinski definition) is 2. The van der Waals surface area contributed by atoms with Crippen LogP contribution in [-0.4, -0.2) is 55.0 Å². The summed E-state index contributed by atoms with van der Waals surface area (Å²) >= 11 is 1.16. The molecular weight excluding hydrogens is 480 g/mol. The highest BCUT2D eigenvalue weighted by Gasteiger charge is 2.37. The van der Waals surface area contributed by atoms with Crippen molar-refractivity contribution in [1.82, 2.24) is 4.98 Å². The van der Waals surface area contributed by atoms with Crippen LogP contribution < -0.4 is 5.32 Å². The quantitative estimate of drug-likeness (QED) is 0.479. The van der Waals surface area contributed by atoms with Gasteiger partial charge in [0.2, 0.25) is 0 Å². The Balaban J connectivity index is 1.39. The van der Waals surface area contributed by atoms with Crippen LogP contribution in [-0.2, 0) is 24.1 Å². The number of thiazole rings is 1. The molecule has 1 aromatic heterocycles. The lowest BCUT2D eigenvalue weighted by molar-refractivity contribution is -0.131. The van der Waals surface area contributed by atoms with Crippen LogP contribution in [0, 0.1) is 0 Å². The summed E-state index contributed by atoms with van der Waals surface area (Å²) < 4.78 is 37.1. The molecule has 5 rings (SSSR count). The van der Waals surface area contributed by atoms with E-state index in [4.69, 9.17) is 9.47 Å². The lowest BCUT2D eigenvalue weighted by atomic mass is 10.1. The van der Waals surface area contributed by atoms with E-state index >= 15 is 0 Å². The van der Waals surface area contributed by atoms with Crippen molar-refractivity contribution in [2.45, 2.75) is 41.6 Å². The smallest absolute Gasteiger partial charge is 0.335 e. The van der Waals surface area contributed by atoms with Gasteiger partial charge in [0.1, 0.15) is 0 Å². The van der Waals surface area contributed by atoms with Crippen LogP contribution >= 0.6 is 11.3 Å². The van der Waals surface area contributed by atoms with E-state index in [1.807, 2.05) is 0 Å². The molecule has 1 saturated carbocycles. The zero-order valence-corrected chi connectivity index (χ0v) is 19.6. The number of amides is 1. The highest BCUT2D eigenvalue weighted by molar-refractivity contribution is 7.92. The van der Waals surface area contributed by atoms with Gasteiger partial charge < -0.3 is 14.6 Å². The van der Waals surface area contributed by atoms with Crippen molar-refractivity contribution >= 4 is 48.4 Å². The minimum Gasteiger partial charge on any atom is -0.478 e. The lowest BCUT2D eigenvalue weighted by Crippen LogP contribution is -2.28. The second kappa shape index (κ2) is 9.06. The minimum atomic E-state index is -3.34. The first-order valence-corrected chi connectivity index (χ1v) is 13.2. The molecule has 2 unspecified atom stereocenters. The highest BCUT2D eigenvalue weighted by Crippen LogP contribution is 2.34. The van der Waals surface area contributed by atoms with Crippen LogP contribution in [0.1, 0.15) is 41.3 Å². The topological polar surface area (TPSA) is 132 Å². The molecule has 2 aliphatic rings.